The minimum atomic E-state index is -0.627. The largest absolute Gasteiger partial charge is 0.393 e. The summed E-state index contributed by atoms with van der Waals surface area (Å²) in [5.41, 5.74) is 5.22. The fourth-order valence-electron chi connectivity index (χ4n) is 2.64. The van der Waals surface area contributed by atoms with Crippen LogP contribution in [-0.2, 0) is 4.74 Å². The van der Waals surface area contributed by atoms with Gasteiger partial charge in [0, 0.05) is 19.1 Å². The molecule has 0 radical (unpaired) electrons. The van der Waals surface area contributed by atoms with Gasteiger partial charge in [0.2, 0.25) is 0 Å². The molecule has 114 valence electrons. The molecule has 2 rings (SSSR count). The molecule has 2 atom stereocenters. The molecule has 2 unspecified atom stereocenters. The van der Waals surface area contributed by atoms with Gasteiger partial charge in [-0.2, -0.15) is 0 Å². The number of amides is 1. The lowest BCUT2D eigenvalue weighted by Crippen LogP contribution is -2.33. The maximum absolute atomic E-state index is 12.2. The molecule has 1 aliphatic rings. The molecule has 1 fully saturated rings. The Morgan fingerprint density at radius 1 is 1.57 bits per heavy atom. The predicted octanol–water partition coefficient (Wildman–Crippen LogP) is 1.72. The van der Waals surface area contributed by atoms with E-state index in [-0.39, 0.29) is 29.0 Å². The Morgan fingerprint density at radius 2 is 2.33 bits per heavy atom. The number of nitro benzene ring substituents is 1. The van der Waals surface area contributed by atoms with E-state index in [1.807, 2.05) is 6.92 Å². The first kappa shape index (κ1) is 15.2. The Labute approximate surface area is 122 Å². The Kier molecular flexibility index (Phi) is 4.74. The lowest BCUT2D eigenvalue weighted by atomic mass is 9.99. The Morgan fingerprint density at radius 3 is 3.00 bits per heavy atom. The maximum atomic E-state index is 12.2. The minimum absolute atomic E-state index is 0.00744. The van der Waals surface area contributed by atoms with Crippen molar-refractivity contribution in [3.8, 4) is 0 Å². The van der Waals surface area contributed by atoms with Crippen LogP contribution in [0.4, 0.5) is 11.4 Å². The van der Waals surface area contributed by atoms with Crippen molar-refractivity contribution < 1.29 is 14.5 Å². The van der Waals surface area contributed by atoms with Gasteiger partial charge in [-0.05, 0) is 25.0 Å². The Bertz CT molecular complexity index is 547. The van der Waals surface area contributed by atoms with E-state index >= 15 is 0 Å². The van der Waals surface area contributed by atoms with E-state index in [0.717, 1.165) is 12.8 Å². The predicted molar refractivity (Wildman–Crippen MR) is 78.0 cm³/mol. The van der Waals surface area contributed by atoms with Crippen molar-refractivity contribution >= 4 is 17.3 Å². The third-order valence-corrected chi connectivity index (χ3v) is 3.77. The molecule has 1 saturated heterocycles. The van der Waals surface area contributed by atoms with Gasteiger partial charge in [-0.1, -0.05) is 13.0 Å². The van der Waals surface area contributed by atoms with E-state index < -0.39 is 10.8 Å². The van der Waals surface area contributed by atoms with Gasteiger partial charge < -0.3 is 15.8 Å². The van der Waals surface area contributed by atoms with Gasteiger partial charge >= 0.3 is 5.69 Å². The number of para-hydroxylation sites is 1. The number of ether oxygens (including phenoxy) is 1. The molecule has 21 heavy (non-hydrogen) atoms. The summed E-state index contributed by atoms with van der Waals surface area (Å²) < 4.78 is 5.55. The van der Waals surface area contributed by atoms with E-state index in [0.29, 0.717) is 13.2 Å². The fraction of sp³-hybridized carbons (Fsp3) is 0.500. The molecule has 0 saturated carbocycles. The SMILES string of the molecule is CCC1OCCC1CNC(=O)c1cccc(N)c1[N+](=O)[O-]. The van der Waals surface area contributed by atoms with Crippen LogP contribution in [-0.4, -0.2) is 30.1 Å². The lowest BCUT2D eigenvalue weighted by molar-refractivity contribution is -0.384. The van der Waals surface area contributed by atoms with Crippen molar-refractivity contribution in [2.75, 3.05) is 18.9 Å². The Hall–Kier alpha value is -2.15. The molecule has 3 N–H and O–H groups in total. The number of anilines is 1. The summed E-state index contributed by atoms with van der Waals surface area (Å²) in [5.74, 6) is -0.227. The first-order valence-electron chi connectivity index (χ1n) is 6.97. The summed E-state index contributed by atoms with van der Waals surface area (Å²) in [5, 5.41) is 13.8. The first-order chi connectivity index (χ1) is 10.0. The molecule has 1 amide bonds. The van der Waals surface area contributed by atoms with E-state index in [1.165, 1.54) is 18.2 Å². The van der Waals surface area contributed by atoms with Crippen molar-refractivity contribution in [2.24, 2.45) is 5.92 Å². The zero-order chi connectivity index (χ0) is 15.4. The average molecular weight is 293 g/mol. The van der Waals surface area contributed by atoms with Crippen molar-refractivity contribution in [2.45, 2.75) is 25.9 Å². The summed E-state index contributed by atoms with van der Waals surface area (Å²) in [6.45, 7) is 3.17. The highest BCUT2D eigenvalue weighted by atomic mass is 16.6. The molecule has 1 aromatic rings. The number of carbonyl (C=O) groups excluding carboxylic acids is 1. The van der Waals surface area contributed by atoms with Crippen LogP contribution in [0.15, 0.2) is 18.2 Å². The summed E-state index contributed by atoms with van der Waals surface area (Å²) in [4.78, 5) is 22.6. The number of hydrogen-bond acceptors (Lipinski definition) is 5. The van der Waals surface area contributed by atoms with Crippen LogP contribution in [0.2, 0.25) is 0 Å². The number of nitrogens with two attached hydrogens (primary N) is 1. The highest BCUT2D eigenvalue weighted by Gasteiger charge is 2.28. The number of nitrogens with one attached hydrogen (secondary N) is 1. The van der Waals surface area contributed by atoms with Crippen LogP contribution in [0.25, 0.3) is 0 Å². The van der Waals surface area contributed by atoms with Crippen LogP contribution in [0.3, 0.4) is 0 Å². The molecule has 1 heterocycles. The third kappa shape index (κ3) is 3.30. The topological polar surface area (TPSA) is 107 Å². The maximum Gasteiger partial charge on any atom is 0.304 e. The smallest absolute Gasteiger partial charge is 0.304 e. The van der Waals surface area contributed by atoms with Gasteiger partial charge in [-0.3, -0.25) is 14.9 Å². The summed E-state index contributed by atoms with van der Waals surface area (Å²) in [6.07, 6.45) is 1.91. The highest BCUT2D eigenvalue weighted by molar-refractivity contribution is 6.00. The molecule has 0 spiro atoms. The van der Waals surface area contributed by atoms with Crippen LogP contribution in [0, 0.1) is 16.0 Å². The normalized spacial score (nSPS) is 21.2. The average Bonchev–Trinajstić information content (AvgIpc) is 2.91. The summed E-state index contributed by atoms with van der Waals surface area (Å²) >= 11 is 0. The highest BCUT2D eigenvalue weighted by Crippen LogP contribution is 2.26. The molecule has 1 aromatic carbocycles. The molecular formula is C14H19N3O4. The molecule has 7 heteroatoms. The number of nitrogen functional groups attached to an aromatic ring is 1. The molecule has 0 aromatic heterocycles. The van der Waals surface area contributed by atoms with Crippen LogP contribution < -0.4 is 11.1 Å². The van der Waals surface area contributed by atoms with E-state index in [1.54, 1.807) is 0 Å². The van der Waals surface area contributed by atoms with Gasteiger partial charge in [0.25, 0.3) is 5.91 Å². The summed E-state index contributed by atoms with van der Waals surface area (Å²) in [7, 11) is 0. The number of nitrogens with zero attached hydrogens (tertiary/aromatic N) is 1. The zero-order valence-electron chi connectivity index (χ0n) is 11.9. The van der Waals surface area contributed by atoms with Gasteiger partial charge in [0.15, 0.2) is 0 Å². The number of hydrogen-bond donors (Lipinski definition) is 2. The van der Waals surface area contributed by atoms with E-state index in [4.69, 9.17) is 10.5 Å². The van der Waals surface area contributed by atoms with Gasteiger partial charge in [-0.15, -0.1) is 0 Å². The first-order valence-corrected chi connectivity index (χ1v) is 6.97. The van der Waals surface area contributed by atoms with Gasteiger partial charge in [0.1, 0.15) is 11.3 Å². The Balaban J connectivity index is 2.07. The molecule has 7 nitrogen and oxygen atoms in total. The number of nitro groups is 1. The number of carbonyl (C=O) groups is 1. The standard InChI is InChI=1S/C14H19N3O4/c1-2-12-9(6-7-21-12)8-16-14(18)10-4-3-5-11(15)13(10)17(19)20/h3-5,9,12H,2,6-8,15H2,1H3,(H,16,18). The monoisotopic (exact) mass is 293 g/mol. The van der Waals surface area contributed by atoms with Gasteiger partial charge in [0.05, 0.1) is 11.0 Å². The number of rotatable bonds is 5. The second-order valence-electron chi connectivity index (χ2n) is 5.08. The van der Waals surface area contributed by atoms with Crippen molar-refractivity contribution in [1.82, 2.24) is 5.32 Å². The lowest BCUT2D eigenvalue weighted by Gasteiger charge is -2.17. The van der Waals surface area contributed by atoms with E-state index in [9.17, 15) is 14.9 Å². The van der Waals surface area contributed by atoms with Crippen molar-refractivity contribution in [3.05, 3.63) is 33.9 Å². The quantitative estimate of drug-likeness (QED) is 0.488. The zero-order valence-corrected chi connectivity index (χ0v) is 11.9. The minimum Gasteiger partial charge on any atom is -0.393 e. The van der Waals surface area contributed by atoms with Crippen LogP contribution in [0.5, 0.6) is 0 Å². The molecule has 0 aliphatic carbocycles. The molecule has 0 bridgehead atoms. The fourth-order valence-corrected chi connectivity index (χ4v) is 2.64. The second-order valence-corrected chi connectivity index (χ2v) is 5.08. The van der Waals surface area contributed by atoms with Crippen LogP contribution in [0.1, 0.15) is 30.1 Å². The van der Waals surface area contributed by atoms with Crippen LogP contribution >= 0.6 is 0 Å². The van der Waals surface area contributed by atoms with Crippen molar-refractivity contribution in [1.29, 1.82) is 0 Å². The second kappa shape index (κ2) is 6.53. The van der Waals surface area contributed by atoms with E-state index in [2.05, 4.69) is 5.32 Å². The van der Waals surface area contributed by atoms with Gasteiger partial charge in [-0.25, -0.2) is 0 Å². The third-order valence-electron chi connectivity index (χ3n) is 3.77. The van der Waals surface area contributed by atoms with Crippen molar-refractivity contribution in [3.63, 3.8) is 0 Å². The molecular weight excluding hydrogens is 274 g/mol. The molecule has 1 aliphatic heterocycles. The number of benzene rings is 1. The summed E-state index contributed by atoms with van der Waals surface area (Å²) in [6, 6.07) is 4.35.